The molecule has 0 aliphatic carbocycles. The van der Waals surface area contributed by atoms with Crippen LogP contribution in [0.3, 0.4) is 0 Å². The third kappa shape index (κ3) is 7.23. The topological polar surface area (TPSA) is 93.2 Å². The van der Waals surface area contributed by atoms with Crippen LogP contribution in [0.5, 0.6) is 11.5 Å². The van der Waals surface area contributed by atoms with Crippen molar-refractivity contribution in [3.8, 4) is 56.0 Å². The number of imide groups is 2. The highest BCUT2D eigenvalue weighted by Gasteiger charge is 2.39. The molecule has 0 atom stereocenters. The minimum atomic E-state index is -0.408. The smallest absolute Gasteiger partial charge is 0.266 e. The molecule has 8 heteroatoms. The molecule has 9 rings (SSSR count). The summed E-state index contributed by atoms with van der Waals surface area (Å²) in [5, 5.41) is 0. The van der Waals surface area contributed by atoms with E-state index in [4.69, 9.17) is 9.47 Å². The Bertz CT molecular complexity index is 2950. The number of anilines is 2. The standard InChI is InChI=1S/C54H44N2O6/c1-31(2)61-49-29-40(37-15-21-42(22-16-37)55-51(57)44-24-18-38(27-46(44)53(55)59)35-11-7-33(5)8-12-35)17-23-43(49)41-20-26-48(50(30-41)62-32(3)4)56-52(58)45-25-19-39(28-47(45)54(56)60)36-13-9-34(6)10-14-36/h7-32H,1-6H3. The van der Waals surface area contributed by atoms with Gasteiger partial charge in [-0.05, 0) is 135 Å². The van der Waals surface area contributed by atoms with Crippen LogP contribution in [0.15, 0.2) is 146 Å². The van der Waals surface area contributed by atoms with Crippen molar-refractivity contribution in [2.75, 3.05) is 9.80 Å². The van der Waals surface area contributed by atoms with Gasteiger partial charge in [-0.2, -0.15) is 0 Å². The summed E-state index contributed by atoms with van der Waals surface area (Å²) in [4.78, 5) is 57.6. The minimum Gasteiger partial charge on any atom is -0.490 e. The first-order valence-electron chi connectivity index (χ1n) is 20.8. The van der Waals surface area contributed by atoms with Crippen LogP contribution in [-0.2, 0) is 0 Å². The molecule has 0 saturated heterocycles. The molecule has 0 spiro atoms. The zero-order valence-corrected chi connectivity index (χ0v) is 35.4. The van der Waals surface area contributed by atoms with Crippen molar-refractivity contribution in [1.82, 2.24) is 0 Å². The summed E-state index contributed by atoms with van der Waals surface area (Å²) in [6.45, 7) is 11.8. The zero-order chi connectivity index (χ0) is 43.4. The van der Waals surface area contributed by atoms with Crippen LogP contribution in [-0.4, -0.2) is 35.8 Å². The molecule has 0 radical (unpaired) electrons. The number of hydrogen-bond donors (Lipinski definition) is 0. The van der Waals surface area contributed by atoms with Crippen LogP contribution in [0.4, 0.5) is 11.4 Å². The largest absolute Gasteiger partial charge is 0.490 e. The second-order valence-electron chi connectivity index (χ2n) is 16.4. The van der Waals surface area contributed by atoms with Crippen LogP contribution in [0, 0.1) is 13.8 Å². The summed E-state index contributed by atoms with van der Waals surface area (Å²) in [7, 11) is 0. The van der Waals surface area contributed by atoms with Crippen molar-refractivity contribution in [3.63, 3.8) is 0 Å². The predicted octanol–water partition coefficient (Wildman–Crippen LogP) is 12.1. The lowest BCUT2D eigenvalue weighted by Crippen LogP contribution is -2.30. The average Bonchev–Trinajstić information content (AvgIpc) is 3.66. The predicted molar refractivity (Wildman–Crippen MR) is 244 cm³/mol. The van der Waals surface area contributed by atoms with Crippen LogP contribution in [0.25, 0.3) is 44.5 Å². The Kier molecular flexibility index (Phi) is 10.2. The number of carbonyl (C=O) groups excluding carboxylic acids is 4. The van der Waals surface area contributed by atoms with E-state index < -0.39 is 11.8 Å². The summed E-state index contributed by atoms with van der Waals surface area (Å²) in [6, 6.07) is 45.6. The fraction of sp³-hybridized carbons (Fsp3) is 0.148. The van der Waals surface area contributed by atoms with E-state index in [2.05, 4.69) is 0 Å². The van der Waals surface area contributed by atoms with Gasteiger partial charge < -0.3 is 9.47 Å². The van der Waals surface area contributed by atoms with Gasteiger partial charge in [0.15, 0.2) is 0 Å². The van der Waals surface area contributed by atoms with Gasteiger partial charge in [0.2, 0.25) is 0 Å². The van der Waals surface area contributed by atoms with E-state index in [1.165, 1.54) is 9.80 Å². The number of ether oxygens (including phenoxy) is 2. The Morgan fingerprint density at radius 1 is 0.355 bits per heavy atom. The van der Waals surface area contributed by atoms with Gasteiger partial charge in [0.1, 0.15) is 11.5 Å². The normalized spacial score (nSPS) is 13.4. The van der Waals surface area contributed by atoms with Crippen molar-refractivity contribution in [1.29, 1.82) is 0 Å². The highest BCUT2D eigenvalue weighted by atomic mass is 16.5. The Hall–Kier alpha value is -7.58. The molecule has 0 bridgehead atoms. The summed E-state index contributed by atoms with van der Waals surface area (Å²) in [6.07, 6.45) is -0.402. The minimum absolute atomic E-state index is 0.152. The molecule has 4 amide bonds. The molecule has 2 aliphatic rings. The van der Waals surface area contributed by atoms with Crippen molar-refractivity contribution >= 4 is 35.0 Å². The molecule has 7 aromatic carbocycles. The van der Waals surface area contributed by atoms with Gasteiger partial charge in [0, 0.05) is 5.56 Å². The van der Waals surface area contributed by atoms with Gasteiger partial charge in [0.05, 0.1) is 45.8 Å². The average molecular weight is 817 g/mol. The van der Waals surface area contributed by atoms with E-state index in [0.29, 0.717) is 45.1 Å². The van der Waals surface area contributed by atoms with Crippen molar-refractivity contribution in [3.05, 3.63) is 179 Å². The highest BCUT2D eigenvalue weighted by Crippen LogP contribution is 2.43. The molecule has 2 heterocycles. The Balaban J connectivity index is 0.998. The number of hydrogen-bond acceptors (Lipinski definition) is 6. The molecular formula is C54H44N2O6. The number of rotatable bonds is 10. The van der Waals surface area contributed by atoms with Crippen LogP contribution in [0.2, 0.25) is 0 Å². The first-order valence-corrected chi connectivity index (χ1v) is 20.8. The van der Waals surface area contributed by atoms with E-state index in [9.17, 15) is 19.2 Å². The maximum absolute atomic E-state index is 14.0. The lowest BCUT2D eigenvalue weighted by Gasteiger charge is -2.22. The molecule has 0 aromatic heterocycles. The van der Waals surface area contributed by atoms with Crippen molar-refractivity contribution in [2.45, 2.75) is 53.8 Å². The Labute approximate surface area is 361 Å². The van der Waals surface area contributed by atoms with Crippen LogP contribution in [0.1, 0.15) is 80.3 Å². The summed E-state index contributed by atoms with van der Waals surface area (Å²) < 4.78 is 12.7. The zero-order valence-electron chi connectivity index (χ0n) is 35.4. The van der Waals surface area contributed by atoms with Crippen LogP contribution < -0.4 is 19.3 Å². The number of amides is 4. The van der Waals surface area contributed by atoms with E-state index in [-0.39, 0.29) is 24.0 Å². The van der Waals surface area contributed by atoms with Crippen molar-refractivity contribution in [2.24, 2.45) is 0 Å². The third-order valence-electron chi connectivity index (χ3n) is 11.2. The van der Waals surface area contributed by atoms with E-state index >= 15 is 0 Å². The highest BCUT2D eigenvalue weighted by molar-refractivity contribution is 6.36. The molecule has 0 fully saturated rings. The van der Waals surface area contributed by atoms with E-state index in [1.807, 2.05) is 145 Å². The number of aryl methyl sites for hydroxylation is 2. The quantitative estimate of drug-likeness (QED) is 0.128. The molecule has 2 aliphatic heterocycles. The second-order valence-corrected chi connectivity index (χ2v) is 16.4. The summed E-state index contributed by atoms with van der Waals surface area (Å²) >= 11 is 0. The second kappa shape index (κ2) is 15.8. The van der Waals surface area contributed by atoms with E-state index in [1.54, 1.807) is 42.5 Å². The molecule has 0 saturated carbocycles. The van der Waals surface area contributed by atoms with Gasteiger partial charge in [0.25, 0.3) is 23.6 Å². The molecular weight excluding hydrogens is 773 g/mol. The number of benzene rings is 7. The molecule has 306 valence electrons. The first-order chi connectivity index (χ1) is 29.8. The summed E-state index contributed by atoms with van der Waals surface area (Å²) in [5.74, 6) is -0.511. The molecule has 7 aromatic rings. The monoisotopic (exact) mass is 816 g/mol. The molecule has 0 unspecified atom stereocenters. The third-order valence-corrected chi connectivity index (χ3v) is 11.2. The lowest BCUT2D eigenvalue weighted by atomic mass is 9.98. The van der Waals surface area contributed by atoms with Gasteiger partial charge in [-0.3, -0.25) is 19.2 Å². The SMILES string of the molecule is Cc1ccc(-c2ccc3c(c2)C(=O)N(c2ccc(-c4ccc(-c5ccc(N6C(=O)c7ccc(-c8ccc(C)cc8)cc7C6=O)c(OC(C)C)c5)c(OC(C)C)c4)cc2)C3=O)cc1. The molecule has 62 heavy (non-hydrogen) atoms. The number of carbonyl (C=O) groups is 4. The molecule has 0 N–H and O–H groups in total. The van der Waals surface area contributed by atoms with E-state index in [0.717, 1.165) is 55.6 Å². The molecule has 8 nitrogen and oxygen atoms in total. The van der Waals surface area contributed by atoms with Crippen LogP contribution >= 0.6 is 0 Å². The maximum Gasteiger partial charge on any atom is 0.266 e. The lowest BCUT2D eigenvalue weighted by molar-refractivity contribution is 0.0909. The summed E-state index contributed by atoms with van der Waals surface area (Å²) in [5.41, 5.74) is 11.5. The number of nitrogens with zero attached hydrogens (tertiary/aromatic N) is 2. The van der Waals surface area contributed by atoms with Gasteiger partial charge >= 0.3 is 0 Å². The maximum atomic E-state index is 14.0. The number of fused-ring (bicyclic) bond motifs is 2. The fourth-order valence-corrected chi connectivity index (χ4v) is 8.10. The van der Waals surface area contributed by atoms with Gasteiger partial charge in [-0.25, -0.2) is 9.80 Å². The van der Waals surface area contributed by atoms with Crippen molar-refractivity contribution < 1.29 is 28.7 Å². The first kappa shape index (κ1) is 39.9. The van der Waals surface area contributed by atoms with Gasteiger partial charge in [-0.15, -0.1) is 0 Å². The Morgan fingerprint density at radius 2 is 0.726 bits per heavy atom. The Morgan fingerprint density at radius 3 is 1.24 bits per heavy atom. The van der Waals surface area contributed by atoms with Gasteiger partial charge in [-0.1, -0.05) is 102 Å². The fourth-order valence-electron chi connectivity index (χ4n) is 8.10.